The van der Waals surface area contributed by atoms with E-state index in [1.54, 1.807) is 0 Å². The predicted octanol–water partition coefficient (Wildman–Crippen LogP) is 2.32. The second kappa shape index (κ2) is 4.37. The molecule has 2 fully saturated rings. The average Bonchev–Trinajstić information content (AvgIpc) is 2.83. The van der Waals surface area contributed by atoms with Crippen molar-refractivity contribution in [1.82, 2.24) is 10.1 Å². The minimum atomic E-state index is -0.625. The van der Waals surface area contributed by atoms with E-state index in [4.69, 9.17) is 9.26 Å². The molecule has 0 aliphatic heterocycles. The molecule has 1 aromatic heterocycles. The summed E-state index contributed by atoms with van der Waals surface area (Å²) in [6, 6.07) is 0. The molecule has 0 aromatic carbocycles. The van der Waals surface area contributed by atoms with E-state index in [9.17, 15) is 4.79 Å². The van der Waals surface area contributed by atoms with E-state index >= 15 is 0 Å². The van der Waals surface area contributed by atoms with Gasteiger partial charge in [0.15, 0.2) is 5.82 Å². The molecule has 3 rings (SSSR count). The Labute approximate surface area is 106 Å². The van der Waals surface area contributed by atoms with Gasteiger partial charge in [-0.2, -0.15) is 4.98 Å². The van der Waals surface area contributed by atoms with Gasteiger partial charge in [-0.25, -0.2) is 0 Å². The smallest absolute Gasteiger partial charge is 0.321 e. The summed E-state index contributed by atoms with van der Waals surface area (Å²) in [6.45, 7) is 2.20. The maximum Gasteiger partial charge on any atom is 0.321 e. The molecule has 5 heteroatoms. The van der Waals surface area contributed by atoms with Crippen LogP contribution in [0.2, 0.25) is 0 Å². The summed E-state index contributed by atoms with van der Waals surface area (Å²) in [4.78, 5) is 16.4. The first-order valence-electron chi connectivity index (χ1n) is 6.77. The zero-order valence-electron chi connectivity index (χ0n) is 10.6. The lowest BCUT2D eigenvalue weighted by Gasteiger charge is -2.08. The topological polar surface area (TPSA) is 65.2 Å². The summed E-state index contributed by atoms with van der Waals surface area (Å²) < 4.78 is 10.4. The first kappa shape index (κ1) is 11.7. The number of esters is 1. The fourth-order valence-electron chi connectivity index (χ4n) is 2.68. The second-order valence-electron chi connectivity index (χ2n) is 5.24. The first-order chi connectivity index (χ1) is 8.76. The number of carbonyl (C=O) groups is 1. The first-order valence-corrected chi connectivity index (χ1v) is 6.77. The van der Waals surface area contributed by atoms with E-state index in [1.165, 1.54) is 12.8 Å². The summed E-state index contributed by atoms with van der Waals surface area (Å²) in [6.07, 6.45) is 6.25. The van der Waals surface area contributed by atoms with E-state index in [0.29, 0.717) is 18.4 Å². The van der Waals surface area contributed by atoms with Gasteiger partial charge in [-0.1, -0.05) is 18.0 Å². The van der Waals surface area contributed by atoms with E-state index in [-0.39, 0.29) is 5.97 Å². The highest BCUT2D eigenvalue weighted by molar-refractivity contribution is 5.85. The highest BCUT2D eigenvalue weighted by Gasteiger charge is 2.57. The molecule has 0 bridgehead atoms. The van der Waals surface area contributed by atoms with Crippen LogP contribution in [0.4, 0.5) is 0 Å². The number of ether oxygens (including phenoxy) is 1. The second-order valence-corrected chi connectivity index (χ2v) is 5.24. The zero-order chi connectivity index (χ0) is 12.6. The van der Waals surface area contributed by atoms with Crippen molar-refractivity contribution in [3.8, 4) is 0 Å². The summed E-state index contributed by atoms with van der Waals surface area (Å²) >= 11 is 0. The fraction of sp³-hybridized carbons (Fsp3) is 0.769. The number of hydrogen-bond acceptors (Lipinski definition) is 5. The maximum atomic E-state index is 11.9. The van der Waals surface area contributed by atoms with Crippen molar-refractivity contribution < 1.29 is 14.1 Å². The molecule has 2 aliphatic rings. The highest BCUT2D eigenvalue weighted by atomic mass is 16.5. The van der Waals surface area contributed by atoms with Crippen LogP contribution in [0.5, 0.6) is 0 Å². The largest absolute Gasteiger partial charge is 0.465 e. The van der Waals surface area contributed by atoms with Crippen molar-refractivity contribution in [1.29, 1.82) is 0 Å². The molecule has 0 spiro atoms. The molecule has 1 heterocycles. The minimum Gasteiger partial charge on any atom is -0.465 e. The molecule has 98 valence electrons. The Morgan fingerprint density at radius 2 is 2.17 bits per heavy atom. The molecule has 0 amide bonds. The van der Waals surface area contributed by atoms with Gasteiger partial charge in [0.1, 0.15) is 5.41 Å². The fourth-order valence-corrected chi connectivity index (χ4v) is 2.68. The quantitative estimate of drug-likeness (QED) is 0.767. The maximum absolute atomic E-state index is 11.9. The van der Waals surface area contributed by atoms with Crippen LogP contribution in [0.3, 0.4) is 0 Å². The third-order valence-corrected chi connectivity index (χ3v) is 3.99. The van der Waals surface area contributed by atoms with Crippen molar-refractivity contribution >= 4 is 5.97 Å². The van der Waals surface area contributed by atoms with Crippen LogP contribution in [0.1, 0.15) is 63.1 Å². The van der Waals surface area contributed by atoms with Crippen molar-refractivity contribution in [3.63, 3.8) is 0 Å². The van der Waals surface area contributed by atoms with E-state index < -0.39 is 5.41 Å². The van der Waals surface area contributed by atoms with Crippen LogP contribution in [0.15, 0.2) is 4.52 Å². The van der Waals surface area contributed by atoms with Gasteiger partial charge in [-0.15, -0.1) is 0 Å². The zero-order valence-corrected chi connectivity index (χ0v) is 10.6. The van der Waals surface area contributed by atoms with Gasteiger partial charge in [0.2, 0.25) is 5.89 Å². The van der Waals surface area contributed by atoms with Crippen LogP contribution in [-0.4, -0.2) is 22.7 Å². The Bertz CT molecular complexity index is 445. The Kier molecular flexibility index (Phi) is 2.84. The van der Waals surface area contributed by atoms with Crippen molar-refractivity contribution in [2.24, 2.45) is 0 Å². The van der Waals surface area contributed by atoms with Crippen molar-refractivity contribution in [3.05, 3.63) is 11.7 Å². The van der Waals surface area contributed by atoms with Gasteiger partial charge in [0.05, 0.1) is 6.61 Å². The summed E-state index contributed by atoms with van der Waals surface area (Å²) in [7, 11) is 0. The molecule has 1 aromatic rings. The number of hydrogen-bond donors (Lipinski definition) is 0. The highest BCUT2D eigenvalue weighted by Crippen LogP contribution is 2.49. The van der Waals surface area contributed by atoms with E-state index in [2.05, 4.69) is 10.1 Å². The monoisotopic (exact) mass is 250 g/mol. The molecule has 2 aliphatic carbocycles. The van der Waals surface area contributed by atoms with Crippen LogP contribution < -0.4 is 0 Å². The molecule has 2 saturated carbocycles. The van der Waals surface area contributed by atoms with Crippen LogP contribution in [-0.2, 0) is 14.9 Å². The SMILES string of the molecule is CCOC(=O)C1(c2nc(C3CCCC3)no2)CC1. The summed E-state index contributed by atoms with van der Waals surface area (Å²) in [5.41, 5.74) is -0.625. The molecular weight excluding hydrogens is 232 g/mol. The molecule has 0 unspecified atom stereocenters. The molecule has 0 atom stereocenters. The number of nitrogens with zero attached hydrogens (tertiary/aromatic N) is 2. The molecule has 5 nitrogen and oxygen atoms in total. The summed E-state index contributed by atoms with van der Waals surface area (Å²) in [5, 5.41) is 4.05. The van der Waals surface area contributed by atoms with Gasteiger partial charge in [0.25, 0.3) is 0 Å². The Morgan fingerprint density at radius 1 is 1.44 bits per heavy atom. The lowest BCUT2D eigenvalue weighted by molar-refractivity contribution is -0.146. The van der Waals surface area contributed by atoms with Crippen molar-refractivity contribution in [2.45, 2.75) is 56.8 Å². The van der Waals surface area contributed by atoms with Gasteiger partial charge >= 0.3 is 5.97 Å². The predicted molar refractivity (Wildman–Crippen MR) is 63.1 cm³/mol. The van der Waals surface area contributed by atoms with E-state index in [1.807, 2.05) is 6.92 Å². The minimum absolute atomic E-state index is 0.216. The standard InChI is InChI=1S/C13H18N2O3/c1-2-17-12(16)13(7-8-13)11-14-10(15-18-11)9-5-3-4-6-9/h9H,2-8H2,1H3. The molecule has 0 saturated heterocycles. The van der Waals surface area contributed by atoms with Gasteiger partial charge in [-0.3, -0.25) is 4.79 Å². The van der Waals surface area contributed by atoms with Gasteiger partial charge in [0, 0.05) is 5.92 Å². The third kappa shape index (κ3) is 1.82. The van der Waals surface area contributed by atoms with Crippen LogP contribution in [0.25, 0.3) is 0 Å². The normalized spacial score (nSPS) is 22.1. The summed E-state index contributed by atoms with van der Waals surface area (Å²) in [5.74, 6) is 1.44. The number of aromatic nitrogens is 2. The number of rotatable bonds is 4. The lowest BCUT2D eigenvalue weighted by atomic mass is 10.1. The molecule has 0 radical (unpaired) electrons. The third-order valence-electron chi connectivity index (χ3n) is 3.99. The molecule has 18 heavy (non-hydrogen) atoms. The Hall–Kier alpha value is -1.39. The van der Waals surface area contributed by atoms with Crippen molar-refractivity contribution in [2.75, 3.05) is 6.61 Å². The molecular formula is C13H18N2O3. The van der Waals surface area contributed by atoms with Crippen LogP contribution >= 0.6 is 0 Å². The van der Waals surface area contributed by atoms with E-state index in [0.717, 1.165) is 31.5 Å². The molecule has 0 N–H and O–H groups in total. The Morgan fingerprint density at radius 3 is 2.78 bits per heavy atom. The van der Waals surface area contributed by atoms with Crippen LogP contribution in [0, 0.1) is 0 Å². The Balaban J connectivity index is 1.78. The van der Waals surface area contributed by atoms with Gasteiger partial charge in [-0.05, 0) is 32.6 Å². The average molecular weight is 250 g/mol. The number of carbonyl (C=O) groups excluding carboxylic acids is 1. The lowest BCUT2D eigenvalue weighted by Crippen LogP contribution is -2.23. The van der Waals surface area contributed by atoms with Gasteiger partial charge < -0.3 is 9.26 Å².